The number of anilines is 1. The number of nitrogen functional groups attached to an aromatic ring is 1. The Morgan fingerprint density at radius 1 is 1.38 bits per heavy atom. The van der Waals surface area contributed by atoms with Gasteiger partial charge in [0.15, 0.2) is 5.78 Å². The van der Waals surface area contributed by atoms with Crippen molar-refractivity contribution in [2.75, 3.05) is 5.73 Å². The predicted molar refractivity (Wildman–Crippen MR) is 86.4 cm³/mol. The molecule has 0 aliphatic heterocycles. The Balaban J connectivity index is 0.000000185. The van der Waals surface area contributed by atoms with Crippen molar-refractivity contribution in [3.63, 3.8) is 0 Å². The van der Waals surface area contributed by atoms with Crippen LogP contribution >= 0.6 is 11.8 Å². The Kier molecular flexibility index (Phi) is 5.00. The molecule has 3 N–H and O–H groups in total. The number of benzene rings is 1. The standard InChI is InChI=1S/C10H8F2OS.C6H10N2O2/c1-10(5-9(10)13)14-8-3-2-6(11)4-7(8)12;1-6(2,9)4-3-5(7)10-8-4/h2-4H,5H2,1H3;3,9H,7H2,1-2H3. The van der Waals surface area contributed by atoms with Crippen molar-refractivity contribution < 1.29 is 23.2 Å². The summed E-state index contributed by atoms with van der Waals surface area (Å²) in [5.41, 5.74) is 4.71. The van der Waals surface area contributed by atoms with Crippen molar-refractivity contribution in [2.45, 2.75) is 42.4 Å². The third-order valence-corrected chi connectivity index (χ3v) is 4.72. The average Bonchev–Trinajstić information content (AvgIpc) is 2.84. The molecule has 130 valence electrons. The molecule has 2 aromatic rings. The monoisotopic (exact) mass is 356 g/mol. The normalized spacial score (nSPS) is 19.7. The van der Waals surface area contributed by atoms with Crippen LogP contribution in [-0.4, -0.2) is 20.8 Å². The predicted octanol–water partition coefficient (Wildman–Crippen LogP) is 3.27. The van der Waals surface area contributed by atoms with Crippen LogP contribution in [0.2, 0.25) is 0 Å². The van der Waals surface area contributed by atoms with E-state index in [9.17, 15) is 18.7 Å². The number of rotatable bonds is 3. The number of nitrogens with zero attached hydrogens (tertiary/aromatic N) is 1. The lowest BCUT2D eigenvalue weighted by atomic mass is 10.1. The lowest BCUT2D eigenvalue weighted by molar-refractivity contribution is -0.110. The van der Waals surface area contributed by atoms with Crippen molar-refractivity contribution in [2.24, 2.45) is 0 Å². The minimum absolute atomic E-state index is 0.117. The highest BCUT2D eigenvalue weighted by atomic mass is 32.2. The third kappa shape index (κ3) is 4.55. The van der Waals surface area contributed by atoms with Crippen molar-refractivity contribution in [3.05, 3.63) is 41.6 Å². The molecule has 1 heterocycles. The van der Waals surface area contributed by atoms with E-state index in [1.54, 1.807) is 20.8 Å². The second kappa shape index (κ2) is 6.52. The molecular weight excluding hydrogens is 338 g/mol. The first-order chi connectivity index (χ1) is 11.0. The molecule has 0 amide bonds. The summed E-state index contributed by atoms with van der Waals surface area (Å²) in [4.78, 5) is 11.3. The molecule has 0 saturated heterocycles. The van der Waals surface area contributed by atoms with E-state index in [0.717, 1.165) is 17.8 Å². The molecule has 1 atom stereocenters. The van der Waals surface area contributed by atoms with Gasteiger partial charge >= 0.3 is 0 Å². The zero-order valence-corrected chi connectivity index (χ0v) is 14.3. The van der Waals surface area contributed by atoms with Gasteiger partial charge in [0.05, 0.1) is 4.75 Å². The second-order valence-corrected chi connectivity index (χ2v) is 7.73. The van der Waals surface area contributed by atoms with Crippen LogP contribution < -0.4 is 5.73 Å². The number of nitrogens with two attached hydrogens (primary N) is 1. The minimum Gasteiger partial charge on any atom is -0.384 e. The van der Waals surface area contributed by atoms with Crippen LogP contribution in [0.5, 0.6) is 0 Å². The van der Waals surface area contributed by atoms with Crippen LogP contribution in [0, 0.1) is 11.6 Å². The Bertz CT molecular complexity index is 758. The molecule has 1 aromatic carbocycles. The summed E-state index contributed by atoms with van der Waals surface area (Å²) >= 11 is 1.16. The summed E-state index contributed by atoms with van der Waals surface area (Å²) in [5, 5.41) is 12.9. The third-order valence-electron chi connectivity index (χ3n) is 3.35. The van der Waals surface area contributed by atoms with Crippen molar-refractivity contribution in [3.8, 4) is 0 Å². The molecule has 1 aromatic heterocycles. The molecule has 0 bridgehead atoms. The van der Waals surface area contributed by atoms with E-state index >= 15 is 0 Å². The van der Waals surface area contributed by atoms with Gasteiger partial charge in [-0.1, -0.05) is 5.16 Å². The summed E-state index contributed by atoms with van der Waals surface area (Å²) < 4.78 is 29.8. The number of ketones is 1. The van der Waals surface area contributed by atoms with E-state index in [1.165, 1.54) is 18.2 Å². The number of hydrogen-bond acceptors (Lipinski definition) is 6. The molecule has 3 rings (SSSR count). The van der Waals surface area contributed by atoms with Gasteiger partial charge in [-0.05, 0) is 32.9 Å². The van der Waals surface area contributed by atoms with E-state index in [2.05, 4.69) is 9.68 Å². The maximum atomic E-state index is 13.2. The molecule has 1 fully saturated rings. The van der Waals surface area contributed by atoms with E-state index in [4.69, 9.17) is 5.73 Å². The molecule has 0 spiro atoms. The van der Waals surface area contributed by atoms with Crippen molar-refractivity contribution in [1.82, 2.24) is 5.16 Å². The van der Waals surface area contributed by atoms with Gasteiger partial charge in [-0.15, -0.1) is 11.8 Å². The fraction of sp³-hybridized carbons (Fsp3) is 0.375. The summed E-state index contributed by atoms with van der Waals surface area (Å²) in [7, 11) is 0. The number of hydrogen-bond donors (Lipinski definition) is 2. The van der Waals surface area contributed by atoms with Gasteiger partial charge < -0.3 is 15.4 Å². The van der Waals surface area contributed by atoms with Gasteiger partial charge in [0.2, 0.25) is 5.88 Å². The molecule has 1 aliphatic carbocycles. The summed E-state index contributed by atoms with van der Waals surface area (Å²) in [6, 6.07) is 4.90. The number of thioether (sulfide) groups is 1. The summed E-state index contributed by atoms with van der Waals surface area (Å²) in [6.45, 7) is 5.00. The van der Waals surface area contributed by atoms with Crippen molar-refractivity contribution >= 4 is 23.4 Å². The van der Waals surface area contributed by atoms with Crippen LogP contribution in [0.4, 0.5) is 14.7 Å². The molecular formula is C16H18F2N2O3S. The molecule has 1 unspecified atom stereocenters. The quantitative estimate of drug-likeness (QED) is 0.877. The Morgan fingerprint density at radius 3 is 2.38 bits per heavy atom. The van der Waals surface area contributed by atoms with Crippen LogP contribution in [0.15, 0.2) is 33.7 Å². The zero-order chi connectivity index (χ0) is 18.1. The van der Waals surface area contributed by atoms with E-state index in [1.807, 2.05) is 0 Å². The number of carbonyl (C=O) groups excluding carboxylic acids is 1. The SMILES string of the molecule is CC(C)(O)c1cc(N)on1.CC1(Sc2ccc(F)cc2F)CC1=O. The van der Waals surface area contributed by atoms with Crippen LogP contribution in [0.3, 0.4) is 0 Å². The highest BCUT2D eigenvalue weighted by Crippen LogP contribution is 2.48. The zero-order valence-electron chi connectivity index (χ0n) is 13.5. The second-order valence-electron chi connectivity index (χ2n) is 6.18. The first-order valence-corrected chi connectivity index (χ1v) is 7.95. The summed E-state index contributed by atoms with van der Waals surface area (Å²) in [6.07, 6.45) is 0.467. The number of aromatic nitrogens is 1. The maximum Gasteiger partial charge on any atom is 0.222 e. The van der Waals surface area contributed by atoms with E-state index in [-0.39, 0.29) is 11.7 Å². The number of halogens is 2. The first kappa shape index (κ1) is 18.4. The largest absolute Gasteiger partial charge is 0.384 e. The van der Waals surface area contributed by atoms with Crippen LogP contribution in [0.25, 0.3) is 0 Å². The van der Waals surface area contributed by atoms with Gasteiger partial charge in [0.25, 0.3) is 0 Å². The highest BCUT2D eigenvalue weighted by Gasteiger charge is 2.50. The van der Waals surface area contributed by atoms with Crippen molar-refractivity contribution in [1.29, 1.82) is 0 Å². The van der Waals surface area contributed by atoms with E-state index < -0.39 is 22.0 Å². The van der Waals surface area contributed by atoms with Gasteiger partial charge in [-0.3, -0.25) is 4.79 Å². The number of aliphatic hydroxyl groups is 1. The molecule has 1 aliphatic rings. The lowest BCUT2D eigenvalue weighted by Crippen LogP contribution is -2.15. The highest BCUT2D eigenvalue weighted by molar-refractivity contribution is 8.02. The fourth-order valence-electron chi connectivity index (χ4n) is 1.73. The molecule has 8 heteroatoms. The molecule has 0 radical (unpaired) electrons. The summed E-state index contributed by atoms with van der Waals surface area (Å²) in [5.74, 6) is -0.863. The Morgan fingerprint density at radius 2 is 2.00 bits per heavy atom. The number of carbonyl (C=O) groups is 1. The van der Waals surface area contributed by atoms with Gasteiger partial charge in [0.1, 0.15) is 22.9 Å². The number of Topliss-reactive ketones (excluding diaryl/α,β-unsaturated/α-hetero) is 1. The maximum absolute atomic E-state index is 13.2. The minimum atomic E-state index is -0.971. The van der Waals surface area contributed by atoms with Crippen LogP contribution in [0.1, 0.15) is 32.9 Å². The Labute approximate surface area is 142 Å². The van der Waals surface area contributed by atoms with E-state index in [0.29, 0.717) is 17.0 Å². The molecule has 5 nitrogen and oxygen atoms in total. The Hall–Kier alpha value is -1.93. The molecule has 1 saturated carbocycles. The van der Waals surface area contributed by atoms with Gasteiger partial charge in [0, 0.05) is 23.4 Å². The lowest BCUT2D eigenvalue weighted by Gasteiger charge is -2.11. The van der Waals surface area contributed by atoms with Gasteiger partial charge in [-0.2, -0.15) is 0 Å². The fourth-order valence-corrected chi connectivity index (χ4v) is 2.83. The topological polar surface area (TPSA) is 89.3 Å². The average molecular weight is 356 g/mol. The van der Waals surface area contributed by atoms with Crippen LogP contribution in [-0.2, 0) is 10.4 Å². The smallest absolute Gasteiger partial charge is 0.222 e. The molecule has 24 heavy (non-hydrogen) atoms. The van der Waals surface area contributed by atoms with Gasteiger partial charge in [-0.25, -0.2) is 8.78 Å². The first-order valence-electron chi connectivity index (χ1n) is 7.14.